The number of nitrogens with one attached hydrogen (secondary N) is 1. The summed E-state index contributed by atoms with van der Waals surface area (Å²) in [4.78, 5) is 0. The standard InChI is InChI=1S/C11H18N2O2/c1-11(6-9-3-5-13-7-9)14-8-10(15-11)2-4-12/h9-10,13H,2-3,5-8H2,1H3. The normalized spacial score (nSPS) is 40.5. The molecule has 0 spiro atoms. The van der Waals surface area contributed by atoms with Crippen LogP contribution in [0.2, 0.25) is 0 Å². The number of nitriles is 1. The molecule has 0 aliphatic carbocycles. The summed E-state index contributed by atoms with van der Waals surface area (Å²) >= 11 is 0. The van der Waals surface area contributed by atoms with E-state index in [0.29, 0.717) is 18.9 Å². The van der Waals surface area contributed by atoms with Gasteiger partial charge in [-0.05, 0) is 32.4 Å². The number of nitrogens with zero attached hydrogens (tertiary/aromatic N) is 1. The molecular weight excluding hydrogens is 192 g/mol. The fraction of sp³-hybridized carbons (Fsp3) is 0.909. The molecule has 2 saturated heterocycles. The largest absolute Gasteiger partial charge is 0.347 e. The molecule has 0 radical (unpaired) electrons. The number of hydrogen-bond acceptors (Lipinski definition) is 4. The van der Waals surface area contributed by atoms with Gasteiger partial charge in [-0.25, -0.2) is 0 Å². The van der Waals surface area contributed by atoms with Crippen molar-refractivity contribution >= 4 is 0 Å². The lowest BCUT2D eigenvalue weighted by molar-refractivity contribution is -0.164. The predicted molar refractivity (Wildman–Crippen MR) is 55.1 cm³/mol. The fourth-order valence-electron chi connectivity index (χ4n) is 2.41. The van der Waals surface area contributed by atoms with Gasteiger partial charge in [-0.1, -0.05) is 0 Å². The van der Waals surface area contributed by atoms with Crippen LogP contribution in [0, 0.1) is 17.2 Å². The van der Waals surface area contributed by atoms with Gasteiger partial charge in [0.05, 0.1) is 25.2 Å². The van der Waals surface area contributed by atoms with Gasteiger partial charge in [0.2, 0.25) is 0 Å². The summed E-state index contributed by atoms with van der Waals surface area (Å²) in [6.07, 6.45) is 2.53. The molecule has 2 aliphatic heterocycles. The Bertz CT molecular complexity index is 258. The number of ether oxygens (including phenoxy) is 2. The molecule has 0 bridgehead atoms. The van der Waals surface area contributed by atoms with Gasteiger partial charge < -0.3 is 14.8 Å². The third kappa shape index (κ3) is 2.69. The molecule has 2 fully saturated rings. The van der Waals surface area contributed by atoms with E-state index >= 15 is 0 Å². The first-order chi connectivity index (χ1) is 7.22. The summed E-state index contributed by atoms with van der Waals surface area (Å²) in [5.74, 6) is 0.189. The van der Waals surface area contributed by atoms with E-state index in [1.165, 1.54) is 6.42 Å². The topological polar surface area (TPSA) is 54.3 Å². The van der Waals surface area contributed by atoms with E-state index < -0.39 is 5.79 Å². The Labute approximate surface area is 90.5 Å². The fourth-order valence-corrected chi connectivity index (χ4v) is 2.41. The first-order valence-corrected chi connectivity index (χ1v) is 5.61. The SMILES string of the molecule is CC1(CC2CCNC2)OCC(CC#N)O1. The molecule has 15 heavy (non-hydrogen) atoms. The van der Waals surface area contributed by atoms with E-state index in [9.17, 15) is 0 Å². The molecule has 0 amide bonds. The Balaban J connectivity index is 1.83. The van der Waals surface area contributed by atoms with Crippen LogP contribution >= 0.6 is 0 Å². The van der Waals surface area contributed by atoms with Gasteiger partial charge in [0.1, 0.15) is 0 Å². The van der Waals surface area contributed by atoms with Crippen LogP contribution in [0.3, 0.4) is 0 Å². The molecule has 2 rings (SSSR count). The smallest absolute Gasteiger partial charge is 0.166 e. The molecule has 2 aliphatic rings. The molecule has 0 aromatic heterocycles. The van der Waals surface area contributed by atoms with Crippen molar-refractivity contribution in [3.05, 3.63) is 0 Å². The van der Waals surface area contributed by atoms with E-state index in [1.807, 2.05) is 6.92 Å². The predicted octanol–water partition coefficient (Wildman–Crippen LogP) is 1.03. The zero-order chi connectivity index (χ0) is 10.7. The summed E-state index contributed by atoms with van der Waals surface area (Å²) < 4.78 is 11.4. The van der Waals surface area contributed by atoms with Crippen molar-refractivity contribution in [3.8, 4) is 6.07 Å². The van der Waals surface area contributed by atoms with Crippen LogP contribution in [0.5, 0.6) is 0 Å². The summed E-state index contributed by atoms with van der Waals surface area (Å²) in [5, 5.41) is 11.9. The Morgan fingerprint density at radius 1 is 1.60 bits per heavy atom. The lowest BCUT2D eigenvalue weighted by Gasteiger charge is -2.25. The summed E-state index contributed by atoms with van der Waals surface area (Å²) in [7, 11) is 0. The first-order valence-electron chi connectivity index (χ1n) is 5.61. The van der Waals surface area contributed by atoms with Gasteiger partial charge in [0.15, 0.2) is 5.79 Å². The second-order valence-corrected chi connectivity index (χ2v) is 4.61. The molecule has 0 aromatic carbocycles. The first kappa shape index (κ1) is 10.9. The Morgan fingerprint density at radius 3 is 3.13 bits per heavy atom. The van der Waals surface area contributed by atoms with Crippen LogP contribution in [-0.2, 0) is 9.47 Å². The number of hydrogen-bond donors (Lipinski definition) is 1. The highest BCUT2D eigenvalue weighted by molar-refractivity contribution is 4.85. The van der Waals surface area contributed by atoms with Gasteiger partial charge in [-0.2, -0.15) is 5.26 Å². The van der Waals surface area contributed by atoms with Crippen molar-refractivity contribution in [1.29, 1.82) is 5.26 Å². The summed E-state index contributed by atoms with van der Waals surface area (Å²) in [5.41, 5.74) is 0. The minimum atomic E-state index is -0.460. The number of rotatable bonds is 3. The van der Waals surface area contributed by atoms with Crippen molar-refractivity contribution in [2.75, 3.05) is 19.7 Å². The molecular formula is C11H18N2O2. The molecule has 3 atom stereocenters. The average molecular weight is 210 g/mol. The van der Waals surface area contributed by atoms with Crippen LogP contribution in [0.25, 0.3) is 0 Å². The van der Waals surface area contributed by atoms with Gasteiger partial charge >= 0.3 is 0 Å². The molecule has 0 saturated carbocycles. The highest BCUT2D eigenvalue weighted by Crippen LogP contribution is 2.32. The summed E-state index contributed by atoms with van der Waals surface area (Å²) in [6, 6.07) is 2.12. The van der Waals surface area contributed by atoms with E-state index in [-0.39, 0.29) is 6.10 Å². The van der Waals surface area contributed by atoms with Crippen LogP contribution in [0.4, 0.5) is 0 Å². The second-order valence-electron chi connectivity index (χ2n) is 4.61. The van der Waals surface area contributed by atoms with Crippen LogP contribution in [-0.4, -0.2) is 31.6 Å². The Kier molecular flexibility index (Phi) is 3.25. The minimum Gasteiger partial charge on any atom is -0.347 e. The van der Waals surface area contributed by atoms with Gasteiger partial charge in [0.25, 0.3) is 0 Å². The van der Waals surface area contributed by atoms with Crippen molar-refractivity contribution in [3.63, 3.8) is 0 Å². The molecule has 4 nitrogen and oxygen atoms in total. The highest BCUT2D eigenvalue weighted by Gasteiger charge is 2.39. The molecule has 84 valence electrons. The Hall–Kier alpha value is -0.630. The lowest BCUT2D eigenvalue weighted by atomic mass is 9.99. The second kappa shape index (κ2) is 4.48. The monoisotopic (exact) mass is 210 g/mol. The van der Waals surface area contributed by atoms with Gasteiger partial charge in [-0.15, -0.1) is 0 Å². The minimum absolute atomic E-state index is 0.0330. The Morgan fingerprint density at radius 2 is 2.47 bits per heavy atom. The van der Waals surface area contributed by atoms with Gasteiger partial charge in [-0.3, -0.25) is 0 Å². The third-order valence-corrected chi connectivity index (χ3v) is 3.13. The third-order valence-electron chi connectivity index (χ3n) is 3.13. The van der Waals surface area contributed by atoms with Crippen LogP contribution < -0.4 is 5.32 Å². The maximum absolute atomic E-state index is 8.59. The van der Waals surface area contributed by atoms with Crippen LogP contribution in [0.1, 0.15) is 26.2 Å². The van der Waals surface area contributed by atoms with Crippen molar-refractivity contribution in [2.24, 2.45) is 5.92 Å². The van der Waals surface area contributed by atoms with E-state index in [4.69, 9.17) is 14.7 Å². The maximum atomic E-state index is 8.59. The van der Waals surface area contributed by atoms with Crippen LogP contribution in [0.15, 0.2) is 0 Å². The van der Waals surface area contributed by atoms with E-state index in [1.54, 1.807) is 0 Å². The highest BCUT2D eigenvalue weighted by atomic mass is 16.7. The molecule has 1 N–H and O–H groups in total. The molecule has 0 aromatic rings. The molecule has 3 unspecified atom stereocenters. The average Bonchev–Trinajstić information content (AvgIpc) is 2.78. The lowest BCUT2D eigenvalue weighted by Crippen LogP contribution is -2.30. The zero-order valence-electron chi connectivity index (χ0n) is 9.16. The zero-order valence-corrected chi connectivity index (χ0v) is 9.16. The maximum Gasteiger partial charge on any atom is 0.166 e. The van der Waals surface area contributed by atoms with Crippen molar-refractivity contribution in [1.82, 2.24) is 5.32 Å². The summed E-state index contributed by atoms with van der Waals surface area (Å²) in [6.45, 7) is 4.71. The van der Waals surface area contributed by atoms with Crippen molar-refractivity contribution < 1.29 is 9.47 Å². The quantitative estimate of drug-likeness (QED) is 0.756. The molecule has 4 heteroatoms. The van der Waals surface area contributed by atoms with Gasteiger partial charge in [0, 0.05) is 6.42 Å². The van der Waals surface area contributed by atoms with Crippen molar-refractivity contribution in [2.45, 2.75) is 38.1 Å². The van der Waals surface area contributed by atoms with E-state index in [0.717, 1.165) is 19.5 Å². The molecule has 2 heterocycles. The van der Waals surface area contributed by atoms with E-state index in [2.05, 4.69) is 11.4 Å².